The lowest BCUT2D eigenvalue weighted by Gasteiger charge is -2.23. The third kappa shape index (κ3) is 3.53. The molecule has 1 rings (SSSR count). The lowest BCUT2D eigenvalue weighted by atomic mass is 10.2. The third-order valence-corrected chi connectivity index (χ3v) is 5.29. The molecular formula is C9H16BrN5O2S. The van der Waals surface area contributed by atoms with Gasteiger partial charge in [0.15, 0.2) is 9.84 Å². The Labute approximate surface area is 115 Å². The largest absolute Gasteiger partial charge is 0.367 e. The first-order chi connectivity index (χ1) is 8.17. The van der Waals surface area contributed by atoms with Crippen molar-refractivity contribution in [3.63, 3.8) is 0 Å². The van der Waals surface area contributed by atoms with Gasteiger partial charge in [0, 0.05) is 19.0 Å². The smallest absolute Gasteiger partial charge is 0.239 e. The second kappa shape index (κ2) is 5.37. The monoisotopic (exact) mass is 337 g/mol. The average Bonchev–Trinajstić information content (AvgIpc) is 2.26. The van der Waals surface area contributed by atoms with Gasteiger partial charge >= 0.3 is 0 Å². The van der Waals surface area contributed by atoms with Gasteiger partial charge in [-0.3, -0.25) is 5.43 Å². The van der Waals surface area contributed by atoms with Crippen LogP contribution in [0.3, 0.4) is 0 Å². The van der Waals surface area contributed by atoms with Gasteiger partial charge in [-0.05, 0) is 29.8 Å². The predicted octanol–water partition coefficient (Wildman–Crippen LogP) is 0.760. The van der Waals surface area contributed by atoms with E-state index in [1.54, 1.807) is 13.8 Å². The van der Waals surface area contributed by atoms with Crippen molar-refractivity contribution in [3.05, 3.63) is 10.7 Å². The summed E-state index contributed by atoms with van der Waals surface area (Å²) < 4.78 is 22.9. The van der Waals surface area contributed by atoms with Crippen molar-refractivity contribution in [2.24, 2.45) is 5.84 Å². The molecule has 0 aliphatic carbocycles. The fraction of sp³-hybridized carbons (Fsp3) is 0.556. The van der Waals surface area contributed by atoms with Crippen molar-refractivity contribution in [2.75, 3.05) is 23.5 Å². The van der Waals surface area contributed by atoms with E-state index in [-0.39, 0.29) is 12.5 Å². The topological polar surface area (TPSA) is 110 Å². The van der Waals surface area contributed by atoms with Gasteiger partial charge < -0.3 is 5.32 Å². The second-order valence-electron chi connectivity index (χ2n) is 4.42. The maximum Gasteiger partial charge on any atom is 0.239 e. The minimum atomic E-state index is -3.16. The van der Waals surface area contributed by atoms with E-state index < -0.39 is 14.6 Å². The molecule has 4 N–H and O–H groups in total. The van der Waals surface area contributed by atoms with E-state index >= 15 is 0 Å². The molecule has 1 aromatic rings. The van der Waals surface area contributed by atoms with E-state index in [0.717, 1.165) is 0 Å². The molecule has 9 heteroatoms. The molecule has 0 fully saturated rings. The zero-order valence-electron chi connectivity index (χ0n) is 10.4. The SMILES string of the molecule is CC(C)(CNc1nc(NN)ncc1Br)S(C)(=O)=O. The van der Waals surface area contributed by atoms with Crippen molar-refractivity contribution in [1.82, 2.24) is 9.97 Å². The molecule has 0 radical (unpaired) electrons. The molecule has 0 atom stereocenters. The molecule has 0 unspecified atom stereocenters. The number of halogens is 1. The lowest BCUT2D eigenvalue weighted by Crippen LogP contribution is -2.38. The Hall–Kier alpha value is -0.930. The summed E-state index contributed by atoms with van der Waals surface area (Å²) >= 11 is 3.27. The van der Waals surface area contributed by atoms with Gasteiger partial charge in [-0.2, -0.15) is 4.98 Å². The van der Waals surface area contributed by atoms with E-state index in [2.05, 4.69) is 36.6 Å². The molecule has 1 aromatic heterocycles. The van der Waals surface area contributed by atoms with Gasteiger partial charge in [0.05, 0.1) is 9.22 Å². The highest BCUT2D eigenvalue weighted by Gasteiger charge is 2.30. The first-order valence-corrected chi connectivity index (χ1v) is 7.78. The lowest BCUT2D eigenvalue weighted by molar-refractivity contribution is 0.559. The normalized spacial score (nSPS) is 12.3. The van der Waals surface area contributed by atoms with E-state index in [1.807, 2.05) is 0 Å². The predicted molar refractivity (Wildman–Crippen MR) is 75.0 cm³/mol. The molecule has 0 aliphatic rings. The molecule has 0 saturated heterocycles. The molecule has 102 valence electrons. The van der Waals surface area contributed by atoms with Gasteiger partial charge in [-0.1, -0.05) is 0 Å². The Morgan fingerprint density at radius 2 is 2.11 bits per heavy atom. The Kier molecular flexibility index (Phi) is 4.51. The van der Waals surface area contributed by atoms with Crippen molar-refractivity contribution >= 4 is 37.5 Å². The van der Waals surface area contributed by atoms with Gasteiger partial charge in [-0.15, -0.1) is 0 Å². The molecule has 0 aliphatic heterocycles. The molecule has 0 aromatic carbocycles. The number of nitrogens with two attached hydrogens (primary N) is 1. The minimum absolute atomic E-state index is 0.228. The number of anilines is 2. The summed E-state index contributed by atoms with van der Waals surface area (Å²) in [6, 6.07) is 0. The van der Waals surface area contributed by atoms with Gasteiger partial charge in [0.2, 0.25) is 5.95 Å². The number of sulfone groups is 1. The van der Waals surface area contributed by atoms with Crippen LogP contribution in [0.1, 0.15) is 13.8 Å². The zero-order chi connectivity index (χ0) is 14.0. The summed E-state index contributed by atoms with van der Waals surface area (Å²) in [5.74, 6) is 5.94. The molecule has 7 nitrogen and oxygen atoms in total. The van der Waals surface area contributed by atoms with E-state index in [0.29, 0.717) is 10.3 Å². The number of nitrogen functional groups attached to an aromatic ring is 1. The molecule has 0 spiro atoms. The van der Waals surface area contributed by atoms with Crippen molar-refractivity contribution in [1.29, 1.82) is 0 Å². The van der Waals surface area contributed by atoms with Crippen LogP contribution in [0.4, 0.5) is 11.8 Å². The fourth-order valence-corrected chi connectivity index (χ4v) is 1.65. The van der Waals surface area contributed by atoms with Crippen LogP contribution < -0.4 is 16.6 Å². The van der Waals surface area contributed by atoms with Crippen LogP contribution in [0.15, 0.2) is 10.7 Å². The van der Waals surface area contributed by atoms with Crippen LogP contribution in [0.5, 0.6) is 0 Å². The summed E-state index contributed by atoms with van der Waals surface area (Å²) in [5.41, 5.74) is 2.32. The highest BCUT2D eigenvalue weighted by atomic mass is 79.9. The standard InChI is InChI=1S/C9H16BrN5O2S/c1-9(2,18(3,16)17)5-13-7-6(10)4-12-8(14-7)15-11/h4H,5,11H2,1-3H3,(H2,12,13,14,15). The van der Waals surface area contributed by atoms with Crippen LogP contribution in [0.2, 0.25) is 0 Å². The molecule has 0 saturated carbocycles. The third-order valence-electron chi connectivity index (χ3n) is 2.56. The summed E-state index contributed by atoms with van der Waals surface area (Å²) in [6.45, 7) is 3.52. The van der Waals surface area contributed by atoms with Crippen LogP contribution in [0.25, 0.3) is 0 Å². The molecule has 18 heavy (non-hydrogen) atoms. The number of hydrogen-bond acceptors (Lipinski definition) is 7. The van der Waals surface area contributed by atoms with Crippen molar-refractivity contribution < 1.29 is 8.42 Å². The summed E-state index contributed by atoms with van der Waals surface area (Å²) in [4.78, 5) is 7.97. The van der Waals surface area contributed by atoms with Crippen LogP contribution in [-0.4, -0.2) is 35.9 Å². The van der Waals surface area contributed by atoms with Crippen molar-refractivity contribution in [3.8, 4) is 0 Å². The first-order valence-electron chi connectivity index (χ1n) is 5.10. The molecule has 0 bridgehead atoms. The Bertz CT molecular complexity index is 532. The second-order valence-corrected chi connectivity index (χ2v) is 7.92. The maximum atomic E-state index is 11.6. The number of hydrazine groups is 1. The average molecular weight is 338 g/mol. The Balaban J connectivity index is 2.87. The highest BCUT2D eigenvalue weighted by Crippen LogP contribution is 2.22. The van der Waals surface area contributed by atoms with E-state index in [4.69, 9.17) is 5.84 Å². The zero-order valence-corrected chi connectivity index (χ0v) is 12.8. The summed E-state index contributed by atoms with van der Waals surface area (Å²) in [6.07, 6.45) is 2.73. The van der Waals surface area contributed by atoms with Gasteiger partial charge in [-0.25, -0.2) is 19.2 Å². The van der Waals surface area contributed by atoms with Gasteiger partial charge in [0.1, 0.15) is 5.82 Å². The maximum absolute atomic E-state index is 11.6. The number of hydrogen-bond donors (Lipinski definition) is 3. The van der Waals surface area contributed by atoms with E-state index in [9.17, 15) is 8.42 Å². The Morgan fingerprint density at radius 3 is 2.61 bits per heavy atom. The van der Waals surface area contributed by atoms with Crippen LogP contribution >= 0.6 is 15.9 Å². The van der Waals surface area contributed by atoms with Gasteiger partial charge in [0.25, 0.3) is 0 Å². The van der Waals surface area contributed by atoms with Crippen molar-refractivity contribution in [2.45, 2.75) is 18.6 Å². The number of nitrogens with zero attached hydrogens (tertiary/aromatic N) is 2. The van der Waals surface area contributed by atoms with E-state index in [1.165, 1.54) is 12.5 Å². The molecule has 1 heterocycles. The number of rotatable bonds is 5. The number of aromatic nitrogens is 2. The summed E-state index contributed by atoms with van der Waals surface area (Å²) in [5, 5.41) is 2.96. The minimum Gasteiger partial charge on any atom is -0.367 e. The molecule has 0 amide bonds. The van der Waals surface area contributed by atoms with Crippen LogP contribution in [-0.2, 0) is 9.84 Å². The molecular weight excluding hydrogens is 322 g/mol. The number of nitrogens with one attached hydrogen (secondary N) is 2. The Morgan fingerprint density at radius 1 is 1.50 bits per heavy atom. The highest BCUT2D eigenvalue weighted by molar-refractivity contribution is 9.10. The first kappa shape index (κ1) is 15.1. The quantitative estimate of drug-likeness (QED) is 0.537. The fourth-order valence-electron chi connectivity index (χ4n) is 0.988. The summed E-state index contributed by atoms with van der Waals surface area (Å²) in [7, 11) is -3.16. The van der Waals surface area contributed by atoms with Crippen LogP contribution in [0, 0.1) is 0 Å².